The van der Waals surface area contributed by atoms with E-state index in [4.69, 9.17) is 10.00 Å². The average Bonchev–Trinajstić information content (AvgIpc) is 2.68. The number of pyridine rings is 1. The summed E-state index contributed by atoms with van der Waals surface area (Å²) in [4.78, 5) is 16.7. The molecule has 4 heteroatoms. The van der Waals surface area contributed by atoms with Gasteiger partial charge >= 0.3 is 5.97 Å². The van der Waals surface area contributed by atoms with Crippen molar-refractivity contribution in [1.29, 1.82) is 5.26 Å². The highest BCUT2D eigenvalue weighted by Crippen LogP contribution is 2.29. The molecule has 26 heavy (non-hydrogen) atoms. The topological polar surface area (TPSA) is 63.0 Å². The molecule has 4 nitrogen and oxygen atoms in total. The molecule has 1 saturated carbocycles. The van der Waals surface area contributed by atoms with Crippen molar-refractivity contribution in [2.75, 3.05) is 0 Å². The molecule has 2 aromatic rings. The van der Waals surface area contributed by atoms with E-state index >= 15 is 0 Å². The highest BCUT2D eigenvalue weighted by molar-refractivity contribution is 5.75. The first-order valence-corrected chi connectivity index (χ1v) is 9.29. The van der Waals surface area contributed by atoms with Gasteiger partial charge in [0.05, 0.1) is 23.7 Å². The molecular formula is C22H24N2O2. The number of nitrogens with zero attached hydrogens (tertiary/aromatic N) is 2. The first-order valence-electron chi connectivity index (χ1n) is 9.29. The van der Waals surface area contributed by atoms with Crippen LogP contribution in [0, 0.1) is 23.2 Å². The quantitative estimate of drug-likeness (QED) is 0.748. The molecule has 3 rings (SSSR count). The fraction of sp³-hybridized carbons (Fsp3) is 0.409. The van der Waals surface area contributed by atoms with Crippen LogP contribution in [0.2, 0.25) is 0 Å². The molecule has 0 atom stereocenters. The van der Waals surface area contributed by atoms with Crippen molar-refractivity contribution in [3.63, 3.8) is 0 Å². The van der Waals surface area contributed by atoms with Gasteiger partial charge in [-0.05, 0) is 74.3 Å². The predicted octanol–water partition coefficient (Wildman–Crippen LogP) is 4.47. The molecule has 1 fully saturated rings. The SMILES string of the molecule is C[C@H]1CC[C@H](C(=O)Oc2ccc(CCc3ccc(C#N)cc3)nc2)CC1. The predicted molar refractivity (Wildman–Crippen MR) is 99.6 cm³/mol. The third-order valence-corrected chi connectivity index (χ3v) is 5.12. The van der Waals surface area contributed by atoms with Crippen LogP contribution in [0.25, 0.3) is 0 Å². The van der Waals surface area contributed by atoms with Gasteiger partial charge in [-0.1, -0.05) is 19.1 Å². The Bertz CT molecular complexity index is 767. The number of hydrogen-bond acceptors (Lipinski definition) is 4. The molecule has 0 spiro atoms. The summed E-state index contributed by atoms with van der Waals surface area (Å²) >= 11 is 0. The van der Waals surface area contributed by atoms with Crippen LogP contribution < -0.4 is 4.74 Å². The molecule has 1 heterocycles. The minimum absolute atomic E-state index is 0.0299. The van der Waals surface area contributed by atoms with Crippen LogP contribution in [0.1, 0.15) is 49.4 Å². The molecule has 1 aliphatic rings. The lowest BCUT2D eigenvalue weighted by Crippen LogP contribution is -2.25. The second-order valence-electron chi connectivity index (χ2n) is 7.17. The largest absolute Gasteiger partial charge is 0.425 e. The van der Waals surface area contributed by atoms with E-state index in [9.17, 15) is 4.79 Å². The lowest BCUT2D eigenvalue weighted by atomic mass is 9.83. The normalized spacial score (nSPS) is 19.5. The highest BCUT2D eigenvalue weighted by Gasteiger charge is 2.25. The Morgan fingerprint density at radius 3 is 2.46 bits per heavy atom. The van der Waals surface area contributed by atoms with Crippen LogP contribution in [0.15, 0.2) is 42.6 Å². The number of nitriles is 1. The molecule has 0 unspecified atom stereocenters. The van der Waals surface area contributed by atoms with E-state index in [1.165, 1.54) is 5.56 Å². The van der Waals surface area contributed by atoms with Gasteiger partial charge in [0.2, 0.25) is 0 Å². The van der Waals surface area contributed by atoms with Gasteiger partial charge in [-0.25, -0.2) is 0 Å². The summed E-state index contributed by atoms with van der Waals surface area (Å²) in [6, 6.07) is 13.5. The Morgan fingerprint density at radius 2 is 1.85 bits per heavy atom. The molecule has 0 saturated heterocycles. The zero-order valence-electron chi connectivity index (χ0n) is 15.1. The maximum atomic E-state index is 12.2. The fourth-order valence-corrected chi connectivity index (χ4v) is 3.33. The number of aryl methyl sites for hydroxylation is 2. The van der Waals surface area contributed by atoms with Crippen LogP contribution in [0.4, 0.5) is 0 Å². The number of carbonyl (C=O) groups is 1. The molecule has 134 valence electrons. The van der Waals surface area contributed by atoms with E-state index in [-0.39, 0.29) is 11.9 Å². The Balaban J connectivity index is 1.50. The first kappa shape index (κ1) is 18.1. The summed E-state index contributed by atoms with van der Waals surface area (Å²) in [6.07, 6.45) is 7.36. The zero-order chi connectivity index (χ0) is 18.4. The standard InChI is InChI=1S/C22H24N2O2/c1-16-2-9-19(10-3-16)22(25)26-21-13-12-20(24-15-21)11-8-17-4-6-18(14-23)7-5-17/h4-7,12-13,15-16,19H,2-3,8-11H2,1H3/t16-,19-. The average molecular weight is 348 g/mol. The number of rotatable bonds is 5. The third kappa shape index (κ3) is 4.92. The van der Waals surface area contributed by atoms with Crippen molar-refractivity contribution in [3.05, 3.63) is 59.4 Å². The van der Waals surface area contributed by atoms with Crippen molar-refractivity contribution in [2.24, 2.45) is 11.8 Å². The Kier molecular flexibility index (Phi) is 6.01. The third-order valence-electron chi connectivity index (χ3n) is 5.12. The number of carbonyl (C=O) groups excluding carboxylic acids is 1. The van der Waals surface area contributed by atoms with Gasteiger partial charge in [0.15, 0.2) is 0 Å². The van der Waals surface area contributed by atoms with Gasteiger partial charge in [-0.15, -0.1) is 0 Å². The van der Waals surface area contributed by atoms with Crippen LogP contribution in [0.3, 0.4) is 0 Å². The number of benzene rings is 1. The summed E-state index contributed by atoms with van der Waals surface area (Å²) in [5.41, 5.74) is 2.80. The first-order chi connectivity index (χ1) is 12.6. The van der Waals surface area contributed by atoms with Crippen molar-refractivity contribution in [1.82, 2.24) is 4.98 Å². The van der Waals surface area contributed by atoms with Gasteiger partial charge < -0.3 is 4.74 Å². The molecule has 0 bridgehead atoms. The lowest BCUT2D eigenvalue weighted by molar-refractivity contribution is -0.140. The molecule has 0 aliphatic heterocycles. The van der Waals surface area contributed by atoms with E-state index in [1.54, 1.807) is 6.20 Å². The summed E-state index contributed by atoms with van der Waals surface area (Å²) in [5.74, 6) is 1.15. The molecule has 0 amide bonds. The summed E-state index contributed by atoms with van der Waals surface area (Å²) < 4.78 is 5.50. The van der Waals surface area contributed by atoms with Crippen LogP contribution >= 0.6 is 0 Å². The van der Waals surface area contributed by atoms with E-state index in [2.05, 4.69) is 18.0 Å². The van der Waals surface area contributed by atoms with Crippen LogP contribution in [-0.4, -0.2) is 11.0 Å². The van der Waals surface area contributed by atoms with Crippen molar-refractivity contribution in [3.8, 4) is 11.8 Å². The van der Waals surface area contributed by atoms with Crippen LogP contribution in [-0.2, 0) is 17.6 Å². The lowest BCUT2D eigenvalue weighted by Gasteiger charge is -2.24. The van der Waals surface area contributed by atoms with Crippen molar-refractivity contribution < 1.29 is 9.53 Å². The van der Waals surface area contributed by atoms with Crippen LogP contribution in [0.5, 0.6) is 5.75 Å². The zero-order valence-corrected chi connectivity index (χ0v) is 15.1. The van der Waals surface area contributed by atoms with Gasteiger partial charge in [0.25, 0.3) is 0 Å². The number of esters is 1. The monoisotopic (exact) mass is 348 g/mol. The number of aromatic nitrogens is 1. The summed E-state index contributed by atoms with van der Waals surface area (Å²) in [7, 11) is 0. The van der Waals surface area contributed by atoms with E-state index in [1.807, 2.05) is 36.4 Å². The summed E-state index contributed by atoms with van der Waals surface area (Å²) in [6.45, 7) is 2.24. The molecule has 0 radical (unpaired) electrons. The molecule has 1 aromatic carbocycles. The molecule has 0 N–H and O–H groups in total. The molecule has 1 aromatic heterocycles. The van der Waals surface area contributed by atoms with Gasteiger partial charge in [0.1, 0.15) is 5.75 Å². The second kappa shape index (κ2) is 8.62. The fourth-order valence-electron chi connectivity index (χ4n) is 3.33. The van der Waals surface area contributed by atoms with E-state index in [0.717, 1.165) is 50.1 Å². The van der Waals surface area contributed by atoms with Gasteiger partial charge in [-0.3, -0.25) is 9.78 Å². The second-order valence-corrected chi connectivity index (χ2v) is 7.17. The maximum absolute atomic E-state index is 12.2. The number of hydrogen-bond donors (Lipinski definition) is 0. The minimum Gasteiger partial charge on any atom is -0.425 e. The number of ether oxygens (including phenoxy) is 1. The summed E-state index contributed by atoms with van der Waals surface area (Å²) in [5, 5.41) is 8.82. The highest BCUT2D eigenvalue weighted by atomic mass is 16.5. The molecular weight excluding hydrogens is 324 g/mol. The smallest absolute Gasteiger partial charge is 0.314 e. The van der Waals surface area contributed by atoms with Gasteiger partial charge in [-0.2, -0.15) is 5.26 Å². The Labute approximate surface area is 154 Å². The van der Waals surface area contributed by atoms with Gasteiger partial charge in [0, 0.05) is 5.69 Å². The minimum atomic E-state index is -0.121. The molecule has 1 aliphatic carbocycles. The Morgan fingerprint density at radius 1 is 1.12 bits per heavy atom. The maximum Gasteiger partial charge on any atom is 0.314 e. The Hall–Kier alpha value is -2.67. The van der Waals surface area contributed by atoms with E-state index in [0.29, 0.717) is 11.3 Å². The van der Waals surface area contributed by atoms with E-state index < -0.39 is 0 Å². The van der Waals surface area contributed by atoms with Crippen molar-refractivity contribution in [2.45, 2.75) is 45.4 Å². The van der Waals surface area contributed by atoms with Crippen molar-refractivity contribution >= 4 is 5.97 Å².